The molecule has 0 bridgehead atoms. The van der Waals surface area contributed by atoms with Crippen molar-refractivity contribution in [3.8, 4) is 6.07 Å². The van der Waals surface area contributed by atoms with Crippen molar-refractivity contribution in [3.63, 3.8) is 0 Å². The van der Waals surface area contributed by atoms with Crippen molar-refractivity contribution in [1.29, 1.82) is 5.26 Å². The predicted molar refractivity (Wildman–Crippen MR) is 55.1 cm³/mol. The number of methoxy groups -OCH3 is 1. The summed E-state index contributed by atoms with van der Waals surface area (Å²) in [6, 6.07) is 2.19. The molecule has 0 saturated carbocycles. The number of hydrogen-bond acceptors (Lipinski definition) is 5. The Morgan fingerprint density at radius 2 is 2.53 bits per heavy atom. The zero-order valence-corrected chi connectivity index (χ0v) is 9.03. The van der Waals surface area contributed by atoms with Crippen LogP contribution in [0, 0.1) is 11.3 Å². The Balaban J connectivity index is 2.24. The average Bonchev–Trinajstić information content (AvgIpc) is 2.29. The van der Waals surface area contributed by atoms with E-state index in [1.807, 2.05) is 0 Å². The zero-order valence-electron chi connectivity index (χ0n) is 9.03. The van der Waals surface area contributed by atoms with Crippen molar-refractivity contribution in [3.05, 3.63) is 0 Å². The molecule has 1 unspecified atom stereocenters. The first-order valence-electron chi connectivity index (χ1n) is 5.19. The molecule has 1 heterocycles. The van der Waals surface area contributed by atoms with Crippen LogP contribution in [-0.4, -0.2) is 50.2 Å². The van der Waals surface area contributed by atoms with Gasteiger partial charge < -0.3 is 10.1 Å². The Kier molecular flexibility index (Phi) is 5.08. The van der Waals surface area contributed by atoms with Gasteiger partial charge in [0, 0.05) is 32.6 Å². The molecule has 5 heteroatoms. The van der Waals surface area contributed by atoms with Crippen LogP contribution in [0.4, 0.5) is 0 Å². The van der Waals surface area contributed by atoms with Crippen LogP contribution in [0.5, 0.6) is 0 Å². The van der Waals surface area contributed by atoms with Crippen LogP contribution in [0.3, 0.4) is 0 Å². The van der Waals surface area contributed by atoms with E-state index in [2.05, 4.69) is 21.0 Å². The maximum absolute atomic E-state index is 10.9. The van der Waals surface area contributed by atoms with Crippen LogP contribution in [-0.2, 0) is 9.53 Å². The molecule has 1 N–H and O–H groups in total. The quantitative estimate of drug-likeness (QED) is 0.649. The molecule has 5 nitrogen and oxygen atoms in total. The summed E-state index contributed by atoms with van der Waals surface area (Å²) in [5, 5.41) is 12.1. The van der Waals surface area contributed by atoms with Crippen LogP contribution >= 0.6 is 0 Å². The van der Waals surface area contributed by atoms with E-state index in [0.29, 0.717) is 13.0 Å². The Hall–Kier alpha value is -1.12. The molecule has 0 aromatic heterocycles. The van der Waals surface area contributed by atoms with Gasteiger partial charge in [0.15, 0.2) is 0 Å². The number of nitrogens with one attached hydrogen (secondary N) is 1. The van der Waals surface area contributed by atoms with Crippen LogP contribution in [0.25, 0.3) is 0 Å². The van der Waals surface area contributed by atoms with Gasteiger partial charge in [-0.1, -0.05) is 0 Å². The standard InChI is InChI=1S/C10H17N3O2/c1-15-10(14)3-2-5-13-6-4-12-8-9(13)7-11/h9,12H,2-6,8H2,1H3. The predicted octanol–water partition coefficient (Wildman–Crippen LogP) is -0.263. The molecule has 1 fully saturated rings. The fraction of sp³-hybridized carbons (Fsp3) is 0.800. The molecule has 1 rings (SSSR count). The lowest BCUT2D eigenvalue weighted by atomic mass is 10.2. The smallest absolute Gasteiger partial charge is 0.305 e. The Bertz CT molecular complexity index is 250. The summed E-state index contributed by atoms with van der Waals surface area (Å²) < 4.78 is 4.56. The van der Waals surface area contributed by atoms with E-state index >= 15 is 0 Å². The highest BCUT2D eigenvalue weighted by Gasteiger charge is 2.20. The molecule has 0 aliphatic carbocycles. The lowest BCUT2D eigenvalue weighted by molar-refractivity contribution is -0.140. The largest absolute Gasteiger partial charge is 0.469 e. The highest BCUT2D eigenvalue weighted by molar-refractivity contribution is 5.69. The number of carbonyl (C=O) groups excluding carboxylic acids is 1. The molecule has 0 aromatic carbocycles. The van der Waals surface area contributed by atoms with Crippen LogP contribution in [0.15, 0.2) is 0 Å². The number of ether oxygens (including phenoxy) is 1. The van der Waals surface area contributed by atoms with Gasteiger partial charge in [-0.3, -0.25) is 9.69 Å². The topological polar surface area (TPSA) is 65.4 Å². The molecule has 1 saturated heterocycles. The first-order chi connectivity index (χ1) is 7.27. The normalized spacial score (nSPS) is 22.0. The molecule has 84 valence electrons. The highest BCUT2D eigenvalue weighted by atomic mass is 16.5. The summed E-state index contributed by atoms with van der Waals surface area (Å²) in [6.45, 7) is 3.29. The van der Waals surface area contributed by atoms with E-state index in [9.17, 15) is 4.79 Å². The molecule has 1 atom stereocenters. The second kappa shape index (κ2) is 6.38. The zero-order chi connectivity index (χ0) is 11.1. The van der Waals surface area contributed by atoms with Gasteiger partial charge in [0.05, 0.1) is 13.2 Å². The van der Waals surface area contributed by atoms with Gasteiger partial charge in [-0.15, -0.1) is 0 Å². The summed E-state index contributed by atoms with van der Waals surface area (Å²) in [5.74, 6) is -0.182. The second-order valence-electron chi connectivity index (χ2n) is 3.56. The summed E-state index contributed by atoms with van der Waals surface area (Å²) in [5.41, 5.74) is 0. The van der Waals surface area contributed by atoms with Crippen molar-refractivity contribution in [1.82, 2.24) is 10.2 Å². The summed E-state index contributed by atoms with van der Waals surface area (Å²) in [6.07, 6.45) is 1.18. The van der Waals surface area contributed by atoms with Crippen molar-refractivity contribution in [2.24, 2.45) is 0 Å². The van der Waals surface area contributed by atoms with Gasteiger partial charge in [0.1, 0.15) is 6.04 Å². The van der Waals surface area contributed by atoms with Gasteiger partial charge in [-0.05, 0) is 6.42 Å². The fourth-order valence-corrected chi connectivity index (χ4v) is 1.67. The number of esters is 1. The lowest BCUT2D eigenvalue weighted by Gasteiger charge is -2.31. The van der Waals surface area contributed by atoms with Gasteiger partial charge in [0.25, 0.3) is 0 Å². The SMILES string of the molecule is COC(=O)CCCN1CCNCC1C#N. The van der Waals surface area contributed by atoms with Crippen molar-refractivity contribution < 1.29 is 9.53 Å². The highest BCUT2D eigenvalue weighted by Crippen LogP contribution is 2.04. The van der Waals surface area contributed by atoms with Crippen molar-refractivity contribution >= 4 is 5.97 Å². The van der Waals surface area contributed by atoms with Gasteiger partial charge in [0.2, 0.25) is 0 Å². The first-order valence-corrected chi connectivity index (χ1v) is 5.19. The van der Waals surface area contributed by atoms with E-state index < -0.39 is 0 Å². The minimum Gasteiger partial charge on any atom is -0.469 e. The van der Waals surface area contributed by atoms with Crippen LogP contribution in [0.2, 0.25) is 0 Å². The number of carbonyl (C=O) groups is 1. The second-order valence-corrected chi connectivity index (χ2v) is 3.56. The molecule has 0 aromatic rings. The third kappa shape index (κ3) is 3.86. The molecular formula is C10H17N3O2. The third-order valence-corrected chi connectivity index (χ3v) is 2.56. The third-order valence-electron chi connectivity index (χ3n) is 2.56. The minimum absolute atomic E-state index is 0.0589. The lowest BCUT2D eigenvalue weighted by Crippen LogP contribution is -2.50. The maximum atomic E-state index is 10.9. The molecule has 0 amide bonds. The van der Waals surface area contributed by atoms with Gasteiger partial charge in [-0.2, -0.15) is 5.26 Å². The van der Waals surface area contributed by atoms with E-state index in [0.717, 1.165) is 26.1 Å². The summed E-state index contributed by atoms with van der Waals surface area (Å²) >= 11 is 0. The van der Waals surface area contributed by atoms with Gasteiger partial charge in [-0.25, -0.2) is 0 Å². The maximum Gasteiger partial charge on any atom is 0.305 e. The number of rotatable bonds is 4. The van der Waals surface area contributed by atoms with E-state index in [-0.39, 0.29) is 12.0 Å². The van der Waals surface area contributed by atoms with Crippen molar-refractivity contribution in [2.45, 2.75) is 18.9 Å². The first kappa shape index (κ1) is 12.0. The minimum atomic E-state index is -0.182. The molecule has 1 aliphatic rings. The Morgan fingerprint density at radius 3 is 3.20 bits per heavy atom. The summed E-state index contributed by atoms with van der Waals surface area (Å²) in [7, 11) is 1.39. The van der Waals surface area contributed by atoms with E-state index in [4.69, 9.17) is 5.26 Å². The van der Waals surface area contributed by atoms with E-state index in [1.165, 1.54) is 7.11 Å². The average molecular weight is 211 g/mol. The fourth-order valence-electron chi connectivity index (χ4n) is 1.67. The number of hydrogen-bond donors (Lipinski definition) is 1. The van der Waals surface area contributed by atoms with Crippen LogP contribution < -0.4 is 5.32 Å². The summed E-state index contributed by atoms with van der Waals surface area (Å²) in [4.78, 5) is 13.0. The molecule has 0 radical (unpaired) electrons. The number of piperazine rings is 1. The molecule has 1 aliphatic heterocycles. The van der Waals surface area contributed by atoms with E-state index in [1.54, 1.807) is 0 Å². The van der Waals surface area contributed by atoms with Crippen molar-refractivity contribution in [2.75, 3.05) is 33.3 Å². The molecule has 15 heavy (non-hydrogen) atoms. The number of nitrogens with zero attached hydrogens (tertiary/aromatic N) is 2. The van der Waals surface area contributed by atoms with Gasteiger partial charge >= 0.3 is 5.97 Å². The molecular weight excluding hydrogens is 194 g/mol. The Morgan fingerprint density at radius 1 is 1.73 bits per heavy atom. The Labute approximate surface area is 90.0 Å². The number of nitriles is 1. The monoisotopic (exact) mass is 211 g/mol. The van der Waals surface area contributed by atoms with Crippen LogP contribution in [0.1, 0.15) is 12.8 Å². The molecule has 0 spiro atoms.